The van der Waals surface area contributed by atoms with E-state index in [1.807, 2.05) is 24.3 Å². The van der Waals surface area contributed by atoms with E-state index in [0.29, 0.717) is 6.42 Å². The molecule has 1 atom stereocenters. The quantitative estimate of drug-likeness (QED) is 0.828. The molecule has 1 unspecified atom stereocenters. The van der Waals surface area contributed by atoms with E-state index in [9.17, 15) is 9.18 Å². The van der Waals surface area contributed by atoms with Gasteiger partial charge < -0.3 is 15.4 Å². The smallest absolute Gasteiger partial charge is 0.226 e. The van der Waals surface area contributed by atoms with Crippen molar-refractivity contribution in [2.24, 2.45) is 5.92 Å². The highest BCUT2D eigenvalue weighted by atomic mass is 35.5. The van der Waals surface area contributed by atoms with E-state index < -0.39 is 0 Å². The largest absolute Gasteiger partial charge is 0.497 e. The molecule has 0 radical (unpaired) electrons. The standard InChI is InChI=1S/C19H21FN2O2.ClH/c1-24-17-8-4-14(5-9-17)18(22-19(23)15-11-21-12-15)10-13-2-6-16(20)7-3-13;/h2-9,15,18,21H,10-12H2,1H3,(H,22,23);1H. The predicted octanol–water partition coefficient (Wildman–Crippen LogP) is 2.88. The van der Waals surface area contributed by atoms with Gasteiger partial charge in [0.15, 0.2) is 0 Å². The lowest BCUT2D eigenvalue weighted by atomic mass is 9.96. The van der Waals surface area contributed by atoms with Crippen LogP contribution in [-0.4, -0.2) is 26.1 Å². The Bertz CT molecular complexity index is 688. The van der Waals surface area contributed by atoms with Crippen molar-refractivity contribution in [2.45, 2.75) is 12.5 Å². The minimum absolute atomic E-state index is 0. The molecule has 0 aromatic heterocycles. The van der Waals surface area contributed by atoms with Gasteiger partial charge in [-0.1, -0.05) is 24.3 Å². The first-order chi connectivity index (χ1) is 11.7. The molecular weight excluding hydrogens is 343 g/mol. The van der Waals surface area contributed by atoms with Crippen LogP contribution in [0.4, 0.5) is 4.39 Å². The van der Waals surface area contributed by atoms with Crippen molar-refractivity contribution >= 4 is 18.3 Å². The van der Waals surface area contributed by atoms with Crippen LogP contribution in [-0.2, 0) is 11.2 Å². The SMILES string of the molecule is COc1ccc(C(Cc2ccc(F)cc2)NC(=O)C2CNC2)cc1.Cl. The van der Waals surface area contributed by atoms with Crippen molar-refractivity contribution in [3.05, 3.63) is 65.5 Å². The second kappa shape index (κ2) is 8.83. The number of methoxy groups -OCH3 is 1. The maximum Gasteiger partial charge on any atom is 0.226 e. The molecular formula is C19H22ClFN2O2. The van der Waals surface area contributed by atoms with E-state index in [0.717, 1.165) is 30.0 Å². The number of carbonyl (C=O) groups excluding carboxylic acids is 1. The number of rotatable bonds is 6. The fourth-order valence-electron chi connectivity index (χ4n) is 2.71. The molecule has 0 spiro atoms. The zero-order valence-electron chi connectivity index (χ0n) is 14.0. The number of carbonyl (C=O) groups is 1. The first kappa shape index (κ1) is 19.2. The first-order valence-corrected chi connectivity index (χ1v) is 8.05. The molecule has 3 rings (SSSR count). The van der Waals surface area contributed by atoms with Gasteiger partial charge in [0, 0.05) is 13.1 Å². The number of hydrogen-bond acceptors (Lipinski definition) is 3. The second-order valence-corrected chi connectivity index (χ2v) is 6.02. The van der Waals surface area contributed by atoms with Crippen molar-refractivity contribution in [1.82, 2.24) is 10.6 Å². The lowest BCUT2D eigenvalue weighted by molar-refractivity contribution is -0.127. The summed E-state index contributed by atoms with van der Waals surface area (Å²) in [5.41, 5.74) is 1.98. The Labute approximate surface area is 153 Å². The first-order valence-electron chi connectivity index (χ1n) is 8.05. The van der Waals surface area contributed by atoms with Gasteiger partial charge in [-0.2, -0.15) is 0 Å². The minimum Gasteiger partial charge on any atom is -0.497 e. The maximum absolute atomic E-state index is 13.1. The third-order valence-corrected chi connectivity index (χ3v) is 4.34. The third kappa shape index (κ3) is 4.94. The molecule has 6 heteroatoms. The van der Waals surface area contributed by atoms with Crippen molar-refractivity contribution in [2.75, 3.05) is 20.2 Å². The zero-order valence-corrected chi connectivity index (χ0v) is 14.8. The van der Waals surface area contributed by atoms with Crippen LogP contribution in [0.3, 0.4) is 0 Å². The van der Waals surface area contributed by atoms with Crippen LogP contribution in [0.5, 0.6) is 5.75 Å². The lowest BCUT2D eigenvalue weighted by Gasteiger charge is -2.29. The lowest BCUT2D eigenvalue weighted by Crippen LogP contribution is -2.51. The van der Waals surface area contributed by atoms with E-state index in [2.05, 4.69) is 10.6 Å². The number of ether oxygens (including phenoxy) is 1. The molecule has 25 heavy (non-hydrogen) atoms. The van der Waals surface area contributed by atoms with E-state index in [1.54, 1.807) is 19.2 Å². The van der Waals surface area contributed by atoms with E-state index in [1.165, 1.54) is 12.1 Å². The highest BCUT2D eigenvalue weighted by Crippen LogP contribution is 2.22. The Kier molecular flexibility index (Phi) is 6.79. The zero-order chi connectivity index (χ0) is 16.9. The predicted molar refractivity (Wildman–Crippen MR) is 97.6 cm³/mol. The summed E-state index contributed by atoms with van der Waals surface area (Å²) in [7, 11) is 1.62. The maximum atomic E-state index is 13.1. The van der Waals surface area contributed by atoms with Crippen LogP contribution < -0.4 is 15.4 Å². The number of benzene rings is 2. The summed E-state index contributed by atoms with van der Waals surface area (Å²) >= 11 is 0. The van der Waals surface area contributed by atoms with Crippen molar-refractivity contribution in [1.29, 1.82) is 0 Å². The van der Waals surface area contributed by atoms with Crippen LogP contribution in [0.25, 0.3) is 0 Å². The van der Waals surface area contributed by atoms with Gasteiger partial charge in [0.1, 0.15) is 11.6 Å². The topological polar surface area (TPSA) is 50.4 Å². The van der Waals surface area contributed by atoms with Crippen molar-refractivity contribution < 1.29 is 13.9 Å². The molecule has 1 amide bonds. The molecule has 1 fully saturated rings. The Morgan fingerprint density at radius 1 is 1.20 bits per heavy atom. The van der Waals surface area contributed by atoms with Crippen molar-refractivity contribution in [3.63, 3.8) is 0 Å². The van der Waals surface area contributed by atoms with Gasteiger partial charge in [0.2, 0.25) is 5.91 Å². The fraction of sp³-hybridized carbons (Fsp3) is 0.316. The number of halogens is 2. The molecule has 1 saturated heterocycles. The van der Waals surface area contributed by atoms with Gasteiger partial charge in [-0.05, 0) is 41.8 Å². The number of amides is 1. The monoisotopic (exact) mass is 364 g/mol. The van der Waals surface area contributed by atoms with Crippen LogP contribution in [0.2, 0.25) is 0 Å². The molecule has 0 aliphatic carbocycles. The molecule has 4 nitrogen and oxygen atoms in total. The summed E-state index contributed by atoms with van der Waals surface area (Å²) in [5, 5.41) is 6.23. The Hall–Kier alpha value is -2.11. The molecule has 2 aromatic rings. The summed E-state index contributed by atoms with van der Waals surface area (Å²) in [6, 6.07) is 13.9. The Balaban J connectivity index is 0.00000225. The van der Waals surface area contributed by atoms with E-state index >= 15 is 0 Å². The Morgan fingerprint density at radius 2 is 1.84 bits per heavy atom. The highest BCUT2D eigenvalue weighted by molar-refractivity contribution is 5.85. The number of nitrogens with one attached hydrogen (secondary N) is 2. The molecule has 0 saturated carbocycles. The Morgan fingerprint density at radius 3 is 2.36 bits per heavy atom. The van der Waals surface area contributed by atoms with E-state index in [4.69, 9.17) is 4.74 Å². The van der Waals surface area contributed by atoms with E-state index in [-0.39, 0.29) is 36.1 Å². The van der Waals surface area contributed by atoms with Gasteiger partial charge in [0.25, 0.3) is 0 Å². The molecule has 2 aromatic carbocycles. The summed E-state index contributed by atoms with van der Waals surface area (Å²) in [6.45, 7) is 1.44. The number of hydrogen-bond donors (Lipinski definition) is 2. The van der Waals surface area contributed by atoms with Gasteiger partial charge in [-0.15, -0.1) is 12.4 Å². The highest BCUT2D eigenvalue weighted by Gasteiger charge is 2.27. The van der Waals surface area contributed by atoms with Crippen molar-refractivity contribution in [3.8, 4) is 5.75 Å². The summed E-state index contributed by atoms with van der Waals surface area (Å²) in [5.74, 6) is 0.591. The van der Waals surface area contributed by atoms with Gasteiger partial charge in [0.05, 0.1) is 19.1 Å². The summed E-state index contributed by atoms with van der Waals surface area (Å²) in [6.07, 6.45) is 0.610. The van der Waals surface area contributed by atoms with Gasteiger partial charge >= 0.3 is 0 Å². The average Bonchev–Trinajstić information content (AvgIpc) is 2.55. The second-order valence-electron chi connectivity index (χ2n) is 6.02. The van der Waals surface area contributed by atoms with Crippen LogP contribution in [0.15, 0.2) is 48.5 Å². The fourth-order valence-corrected chi connectivity index (χ4v) is 2.71. The summed E-state index contributed by atoms with van der Waals surface area (Å²) in [4.78, 5) is 12.3. The third-order valence-electron chi connectivity index (χ3n) is 4.34. The van der Waals surface area contributed by atoms with Crippen LogP contribution in [0.1, 0.15) is 17.2 Å². The molecule has 1 aliphatic heterocycles. The normalized spacial score (nSPS) is 14.8. The molecule has 0 bridgehead atoms. The molecule has 2 N–H and O–H groups in total. The van der Waals surface area contributed by atoms with Gasteiger partial charge in [-0.3, -0.25) is 4.79 Å². The van der Waals surface area contributed by atoms with Gasteiger partial charge in [-0.25, -0.2) is 4.39 Å². The van der Waals surface area contributed by atoms with Crippen LogP contribution >= 0.6 is 12.4 Å². The average molecular weight is 365 g/mol. The minimum atomic E-state index is -0.260. The summed E-state index contributed by atoms with van der Waals surface area (Å²) < 4.78 is 18.3. The molecule has 1 aliphatic rings. The van der Waals surface area contributed by atoms with Crippen LogP contribution in [0, 0.1) is 11.7 Å². The molecule has 1 heterocycles. The molecule has 134 valence electrons.